The molecule has 0 saturated carbocycles. The minimum absolute atomic E-state index is 0.319. The number of aryl methyl sites for hydroxylation is 2. The summed E-state index contributed by atoms with van der Waals surface area (Å²) in [6.07, 6.45) is 6.65. The first-order valence-corrected chi connectivity index (χ1v) is 11.5. The lowest BCUT2D eigenvalue weighted by Gasteiger charge is -2.33. The van der Waals surface area contributed by atoms with E-state index < -0.39 is 0 Å². The normalized spacial score (nSPS) is 23.7. The van der Waals surface area contributed by atoms with E-state index in [1.807, 2.05) is 13.0 Å². The summed E-state index contributed by atoms with van der Waals surface area (Å²) < 4.78 is 5.99. The van der Waals surface area contributed by atoms with Gasteiger partial charge in [-0.15, -0.1) is 0 Å². The fourth-order valence-electron chi connectivity index (χ4n) is 5.27. The van der Waals surface area contributed by atoms with E-state index in [-0.39, 0.29) is 0 Å². The van der Waals surface area contributed by atoms with Gasteiger partial charge in [0.05, 0.1) is 12.2 Å². The third-order valence-corrected chi connectivity index (χ3v) is 6.83. The van der Waals surface area contributed by atoms with Crippen molar-refractivity contribution in [3.63, 3.8) is 0 Å². The highest BCUT2D eigenvalue weighted by Crippen LogP contribution is 2.34. The van der Waals surface area contributed by atoms with E-state index in [4.69, 9.17) is 15.1 Å². The van der Waals surface area contributed by atoms with Gasteiger partial charge in [0.25, 0.3) is 0 Å². The van der Waals surface area contributed by atoms with Crippen molar-refractivity contribution in [2.24, 2.45) is 0 Å². The molecule has 3 aliphatic heterocycles. The molecule has 3 saturated heterocycles. The molecule has 5 rings (SSSR count). The van der Waals surface area contributed by atoms with Crippen molar-refractivity contribution in [1.29, 1.82) is 5.41 Å². The van der Waals surface area contributed by atoms with Gasteiger partial charge in [-0.05, 0) is 81.8 Å². The van der Waals surface area contributed by atoms with Crippen LogP contribution in [0.15, 0.2) is 18.2 Å². The van der Waals surface area contributed by atoms with Gasteiger partial charge in [0.2, 0.25) is 0 Å². The maximum atomic E-state index is 7.93. The number of benzene rings is 1. The Morgan fingerprint density at radius 2 is 1.81 bits per heavy atom. The molecule has 0 aliphatic carbocycles. The SMILES string of the molecule is Cc1nc(Nc2cc(C3CCNCC3)c(C)cc2C=N)cc(N2CC3CCC(C2)O3)n1. The van der Waals surface area contributed by atoms with Crippen molar-refractivity contribution >= 4 is 23.5 Å². The van der Waals surface area contributed by atoms with Crippen LogP contribution in [0.4, 0.5) is 17.3 Å². The molecule has 1 aromatic heterocycles. The third-order valence-electron chi connectivity index (χ3n) is 6.83. The van der Waals surface area contributed by atoms with E-state index in [0.717, 1.165) is 80.6 Å². The van der Waals surface area contributed by atoms with Gasteiger partial charge in [-0.25, -0.2) is 9.97 Å². The Kier molecular flexibility index (Phi) is 5.63. The van der Waals surface area contributed by atoms with E-state index in [1.165, 1.54) is 17.3 Å². The molecule has 0 radical (unpaired) electrons. The summed E-state index contributed by atoms with van der Waals surface area (Å²) in [5, 5.41) is 14.9. The molecule has 1 aromatic carbocycles. The molecular formula is C24H32N6O. The molecule has 3 aliphatic rings. The molecule has 3 N–H and O–H groups in total. The van der Waals surface area contributed by atoms with Gasteiger partial charge in [-0.3, -0.25) is 0 Å². The number of nitrogens with one attached hydrogen (secondary N) is 3. The van der Waals surface area contributed by atoms with Crippen LogP contribution < -0.4 is 15.5 Å². The van der Waals surface area contributed by atoms with Crippen molar-refractivity contribution < 1.29 is 4.74 Å². The summed E-state index contributed by atoms with van der Waals surface area (Å²) in [7, 11) is 0. The summed E-state index contributed by atoms with van der Waals surface area (Å²) in [5.41, 5.74) is 4.47. The van der Waals surface area contributed by atoms with Gasteiger partial charge in [0.15, 0.2) is 0 Å². The molecule has 164 valence electrons. The molecule has 7 nitrogen and oxygen atoms in total. The first-order chi connectivity index (χ1) is 15.1. The number of anilines is 3. The molecule has 2 bridgehead atoms. The van der Waals surface area contributed by atoms with Gasteiger partial charge in [-0.2, -0.15) is 0 Å². The second kappa shape index (κ2) is 8.55. The van der Waals surface area contributed by atoms with Crippen molar-refractivity contribution in [3.8, 4) is 0 Å². The summed E-state index contributed by atoms with van der Waals surface area (Å²) in [4.78, 5) is 11.7. The number of rotatable bonds is 5. The van der Waals surface area contributed by atoms with Crippen molar-refractivity contribution in [2.75, 3.05) is 36.4 Å². The molecule has 4 heterocycles. The fraction of sp³-hybridized carbons (Fsp3) is 0.542. The van der Waals surface area contributed by atoms with Crippen LogP contribution in [0.25, 0.3) is 0 Å². The van der Waals surface area contributed by atoms with Crippen molar-refractivity contribution in [1.82, 2.24) is 15.3 Å². The van der Waals surface area contributed by atoms with E-state index >= 15 is 0 Å². The Bertz CT molecular complexity index is 959. The lowest BCUT2D eigenvalue weighted by Crippen LogP contribution is -2.43. The van der Waals surface area contributed by atoms with Crippen LogP contribution in [0.1, 0.15) is 54.1 Å². The Morgan fingerprint density at radius 1 is 1.06 bits per heavy atom. The van der Waals surface area contributed by atoms with E-state index in [9.17, 15) is 0 Å². The highest BCUT2D eigenvalue weighted by Gasteiger charge is 2.34. The van der Waals surface area contributed by atoms with Crippen LogP contribution in [0.2, 0.25) is 0 Å². The Labute approximate surface area is 184 Å². The molecule has 0 amide bonds. The quantitative estimate of drug-likeness (QED) is 0.640. The molecule has 7 heteroatoms. The third kappa shape index (κ3) is 4.29. The highest BCUT2D eigenvalue weighted by molar-refractivity contribution is 5.88. The molecule has 2 unspecified atom stereocenters. The number of fused-ring (bicyclic) bond motifs is 2. The van der Waals surface area contributed by atoms with Crippen LogP contribution in [0, 0.1) is 19.3 Å². The summed E-state index contributed by atoms with van der Waals surface area (Å²) in [5.74, 6) is 3.05. The number of morpholine rings is 1. The zero-order valence-corrected chi connectivity index (χ0v) is 18.4. The minimum Gasteiger partial charge on any atom is -0.371 e. The second-order valence-electron chi connectivity index (χ2n) is 9.11. The monoisotopic (exact) mass is 420 g/mol. The number of hydrogen-bond donors (Lipinski definition) is 3. The number of hydrogen-bond acceptors (Lipinski definition) is 7. The molecule has 2 atom stereocenters. The summed E-state index contributed by atoms with van der Waals surface area (Å²) >= 11 is 0. The molecule has 2 aromatic rings. The predicted octanol–water partition coefficient (Wildman–Crippen LogP) is 3.67. The van der Waals surface area contributed by atoms with Gasteiger partial charge in [0, 0.05) is 36.6 Å². The van der Waals surface area contributed by atoms with Crippen molar-refractivity contribution in [2.45, 2.75) is 57.7 Å². The maximum Gasteiger partial charge on any atom is 0.136 e. The van der Waals surface area contributed by atoms with Crippen LogP contribution in [0.5, 0.6) is 0 Å². The lowest BCUT2D eigenvalue weighted by atomic mass is 9.86. The first kappa shape index (κ1) is 20.4. The molecule has 31 heavy (non-hydrogen) atoms. The van der Waals surface area contributed by atoms with Crippen LogP contribution in [-0.2, 0) is 4.74 Å². The minimum atomic E-state index is 0.319. The lowest BCUT2D eigenvalue weighted by molar-refractivity contribution is 0.0302. The van der Waals surface area contributed by atoms with Gasteiger partial charge >= 0.3 is 0 Å². The first-order valence-electron chi connectivity index (χ1n) is 11.5. The Hall–Kier alpha value is -2.51. The van der Waals surface area contributed by atoms with Gasteiger partial charge in [0.1, 0.15) is 17.5 Å². The van der Waals surface area contributed by atoms with Crippen LogP contribution in [0.3, 0.4) is 0 Å². The van der Waals surface area contributed by atoms with Crippen molar-refractivity contribution in [3.05, 3.63) is 40.7 Å². The number of nitrogens with zero attached hydrogens (tertiary/aromatic N) is 3. The fourth-order valence-corrected chi connectivity index (χ4v) is 5.27. The standard InChI is InChI=1S/C24H32N6O/c1-15-9-18(12-25)22(10-21(15)17-5-7-26-8-6-17)29-23-11-24(28-16(2)27-23)30-13-19-3-4-20(14-30)31-19/h9-12,17,19-20,25-26H,3-8,13-14H2,1-2H3,(H,27,28,29). The second-order valence-corrected chi connectivity index (χ2v) is 9.11. The molecular weight excluding hydrogens is 388 g/mol. The topological polar surface area (TPSA) is 86.2 Å². The Morgan fingerprint density at radius 3 is 2.52 bits per heavy atom. The number of ether oxygens (including phenoxy) is 1. The summed E-state index contributed by atoms with van der Waals surface area (Å²) in [6.45, 7) is 8.01. The smallest absolute Gasteiger partial charge is 0.136 e. The zero-order chi connectivity index (χ0) is 21.4. The predicted molar refractivity (Wildman–Crippen MR) is 124 cm³/mol. The zero-order valence-electron chi connectivity index (χ0n) is 18.4. The maximum absolute atomic E-state index is 7.93. The molecule has 3 fully saturated rings. The van der Waals surface area contributed by atoms with Gasteiger partial charge in [-0.1, -0.05) is 0 Å². The molecule has 0 spiro atoms. The van der Waals surface area contributed by atoms with Crippen LogP contribution >= 0.6 is 0 Å². The van der Waals surface area contributed by atoms with E-state index in [2.05, 4.69) is 39.6 Å². The highest BCUT2D eigenvalue weighted by atomic mass is 16.5. The van der Waals surface area contributed by atoms with Gasteiger partial charge < -0.3 is 25.7 Å². The van der Waals surface area contributed by atoms with E-state index in [0.29, 0.717) is 18.1 Å². The summed E-state index contributed by atoms with van der Waals surface area (Å²) in [6, 6.07) is 6.40. The average molecular weight is 421 g/mol. The number of piperidine rings is 1. The van der Waals surface area contributed by atoms with Crippen LogP contribution in [-0.4, -0.2) is 54.6 Å². The van der Waals surface area contributed by atoms with E-state index in [1.54, 1.807) is 0 Å². The largest absolute Gasteiger partial charge is 0.371 e. The average Bonchev–Trinajstić information content (AvgIpc) is 3.12. The Balaban J connectivity index is 1.43. The number of aromatic nitrogens is 2.